The van der Waals surface area contributed by atoms with Gasteiger partial charge < -0.3 is 15.9 Å². The van der Waals surface area contributed by atoms with Gasteiger partial charge in [0.25, 0.3) is 0 Å². The molecule has 0 heterocycles. The summed E-state index contributed by atoms with van der Waals surface area (Å²) in [5.41, 5.74) is 5.11. The summed E-state index contributed by atoms with van der Waals surface area (Å²) in [6.07, 6.45) is 1.08. The molecule has 1 unspecified atom stereocenters. The molecule has 0 aliphatic rings. The third kappa shape index (κ3) is 24.8. The summed E-state index contributed by atoms with van der Waals surface area (Å²) in [5.74, 6) is -1.55. The highest BCUT2D eigenvalue weighted by Crippen LogP contribution is 1.82. The fraction of sp³-hybridized carbons (Fsp3) is 0.750. The SMILES string of the molecule is CC(N)CC(=O)O.CCCC(=O)O. The van der Waals surface area contributed by atoms with Crippen molar-refractivity contribution in [3.8, 4) is 0 Å². The molecule has 4 N–H and O–H groups in total. The summed E-state index contributed by atoms with van der Waals surface area (Å²) in [4.78, 5) is 19.3. The third-order valence-electron chi connectivity index (χ3n) is 0.960. The van der Waals surface area contributed by atoms with Gasteiger partial charge in [-0.25, -0.2) is 0 Å². The van der Waals surface area contributed by atoms with E-state index in [-0.39, 0.29) is 12.5 Å². The van der Waals surface area contributed by atoms with Gasteiger partial charge in [-0.3, -0.25) is 9.59 Å². The summed E-state index contributed by atoms with van der Waals surface area (Å²) in [5, 5.41) is 15.9. The van der Waals surface area contributed by atoms with Crippen molar-refractivity contribution < 1.29 is 19.8 Å². The number of aliphatic carboxylic acids is 2. The number of carboxylic acid groups (broad SMARTS) is 2. The van der Waals surface area contributed by atoms with Crippen molar-refractivity contribution in [1.82, 2.24) is 0 Å². The molecule has 0 amide bonds. The lowest BCUT2D eigenvalue weighted by molar-refractivity contribution is -0.138. The van der Waals surface area contributed by atoms with E-state index in [0.29, 0.717) is 6.42 Å². The van der Waals surface area contributed by atoms with Crippen molar-refractivity contribution >= 4 is 11.9 Å². The van der Waals surface area contributed by atoms with Crippen LogP contribution in [0.1, 0.15) is 33.1 Å². The van der Waals surface area contributed by atoms with E-state index in [2.05, 4.69) is 0 Å². The molecule has 0 aliphatic carbocycles. The Labute approximate surface area is 77.6 Å². The lowest BCUT2D eigenvalue weighted by atomic mass is 10.3. The Kier molecular flexibility index (Phi) is 9.98. The molecule has 0 saturated carbocycles. The predicted octanol–water partition coefficient (Wildman–Crippen LogP) is 0.679. The van der Waals surface area contributed by atoms with Crippen LogP contribution in [-0.2, 0) is 9.59 Å². The van der Waals surface area contributed by atoms with E-state index in [9.17, 15) is 9.59 Å². The average molecular weight is 191 g/mol. The highest BCUT2D eigenvalue weighted by molar-refractivity contribution is 5.67. The van der Waals surface area contributed by atoms with Gasteiger partial charge >= 0.3 is 11.9 Å². The van der Waals surface area contributed by atoms with Crippen LogP contribution in [0.3, 0.4) is 0 Å². The second kappa shape index (κ2) is 8.99. The number of hydrogen-bond donors (Lipinski definition) is 3. The fourth-order valence-electron chi connectivity index (χ4n) is 0.489. The van der Waals surface area contributed by atoms with Crippen LogP contribution in [0.15, 0.2) is 0 Å². The molecule has 0 aliphatic heterocycles. The summed E-state index contributed by atoms with van der Waals surface area (Å²) in [6.45, 7) is 3.50. The summed E-state index contributed by atoms with van der Waals surface area (Å²) >= 11 is 0. The molecule has 0 bridgehead atoms. The molecule has 5 nitrogen and oxygen atoms in total. The van der Waals surface area contributed by atoms with Crippen molar-refractivity contribution in [2.45, 2.75) is 39.2 Å². The van der Waals surface area contributed by atoms with E-state index in [1.807, 2.05) is 6.92 Å². The van der Waals surface area contributed by atoms with Gasteiger partial charge in [-0.05, 0) is 13.3 Å². The molecular formula is C8H17NO4. The predicted molar refractivity (Wildman–Crippen MR) is 48.4 cm³/mol. The van der Waals surface area contributed by atoms with Gasteiger partial charge in [0.05, 0.1) is 6.42 Å². The minimum atomic E-state index is -0.838. The van der Waals surface area contributed by atoms with Crippen molar-refractivity contribution in [3.05, 3.63) is 0 Å². The topological polar surface area (TPSA) is 101 Å². The second-order valence-electron chi connectivity index (χ2n) is 2.72. The first-order chi connectivity index (χ1) is 5.90. The van der Waals surface area contributed by atoms with Gasteiger partial charge in [-0.1, -0.05) is 6.92 Å². The monoisotopic (exact) mass is 191 g/mol. The fourth-order valence-corrected chi connectivity index (χ4v) is 0.489. The van der Waals surface area contributed by atoms with E-state index in [0.717, 1.165) is 6.42 Å². The maximum atomic E-state index is 9.73. The maximum Gasteiger partial charge on any atom is 0.304 e. The molecule has 0 spiro atoms. The van der Waals surface area contributed by atoms with Gasteiger partial charge in [0, 0.05) is 12.5 Å². The van der Waals surface area contributed by atoms with Gasteiger partial charge in [-0.2, -0.15) is 0 Å². The van der Waals surface area contributed by atoms with Crippen LogP contribution in [0.25, 0.3) is 0 Å². The van der Waals surface area contributed by atoms with Crippen molar-refractivity contribution in [3.63, 3.8) is 0 Å². The molecule has 1 atom stereocenters. The van der Waals surface area contributed by atoms with Gasteiger partial charge in [0.1, 0.15) is 0 Å². The lowest BCUT2D eigenvalue weighted by Gasteiger charge is -1.95. The first-order valence-electron chi connectivity index (χ1n) is 4.09. The zero-order chi connectivity index (χ0) is 10.9. The van der Waals surface area contributed by atoms with Crippen LogP contribution in [0.5, 0.6) is 0 Å². The van der Waals surface area contributed by atoms with Crippen molar-refractivity contribution in [2.24, 2.45) is 5.73 Å². The zero-order valence-electron chi connectivity index (χ0n) is 7.99. The van der Waals surface area contributed by atoms with E-state index in [4.69, 9.17) is 15.9 Å². The minimum Gasteiger partial charge on any atom is -0.481 e. The lowest BCUT2D eigenvalue weighted by Crippen LogP contribution is -2.18. The number of carbonyl (C=O) groups is 2. The molecule has 0 fully saturated rings. The number of nitrogens with two attached hydrogens (primary N) is 1. The van der Waals surface area contributed by atoms with Crippen molar-refractivity contribution in [1.29, 1.82) is 0 Å². The summed E-state index contributed by atoms with van der Waals surface area (Å²) in [7, 11) is 0. The van der Waals surface area contributed by atoms with Crippen LogP contribution in [0, 0.1) is 0 Å². The molecule has 0 aromatic carbocycles. The van der Waals surface area contributed by atoms with Gasteiger partial charge in [-0.15, -0.1) is 0 Å². The molecule has 0 radical (unpaired) electrons. The number of carboxylic acids is 2. The number of rotatable bonds is 4. The largest absolute Gasteiger partial charge is 0.481 e. The molecule has 0 saturated heterocycles. The van der Waals surface area contributed by atoms with Crippen LogP contribution >= 0.6 is 0 Å². The van der Waals surface area contributed by atoms with Crippen LogP contribution in [-0.4, -0.2) is 28.2 Å². The molecule has 0 aromatic heterocycles. The maximum absolute atomic E-state index is 9.73. The Morgan fingerprint density at radius 2 is 1.77 bits per heavy atom. The Bertz CT molecular complexity index is 156. The normalized spacial score (nSPS) is 11.0. The second-order valence-corrected chi connectivity index (χ2v) is 2.72. The van der Waals surface area contributed by atoms with Crippen molar-refractivity contribution in [2.75, 3.05) is 0 Å². The van der Waals surface area contributed by atoms with Crippen LogP contribution < -0.4 is 5.73 Å². The van der Waals surface area contributed by atoms with Crippen LogP contribution in [0.2, 0.25) is 0 Å². The van der Waals surface area contributed by atoms with E-state index in [1.54, 1.807) is 6.92 Å². The summed E-state index contributed by atoms with van der Waals surface area (Å²) < 4.78 is 0. The molecule has 0 aromatic rings. The highest BCUT2D eigenvalue weighted by Gasteiger charge is 1.98. The smallest absolute Gasteiger partial charge is 0.304 e. The average Bonchev–Trinajstić information content (AvgIpc) is 1.83. The molecule has 5 heteroatoms. The Morgan fingerprint density at radius 1 is 1.31 bits per heavy atom. The molecule has 78 valence electrons. The Balaban J connectivity index is 0. The van der Waals surface area contributed by atoms with Gasteiger partial charge in [0.15, 0.2) is 0 Å². The first kappa shape index (κ1) is 14.4. The standard InChI is InChI=1S/C4H9NO2.C4H8O2/c1-3(5)2-4(6)7;1-2-3-4(5)6/h3H,2,5H2,1H3,(H,6,7);2-3H2,1H3,(H,5,6). The number of hydrogen-bond acceptors (Lipinski definition) is 3. The summed E-state index contributed by atoms with van der Waals surface area (Å²) in [6, 6.07) is -0.225. The van der Waals surface area contributed by atoms with Crippen LogP contribution in [0.4, 0.5) is 0 Å². The molecule has 0 rings (SSSR count). The molecular weight excluding hydrogens is 174 g/mol. The minimum absolute atomic E-state index is 0.0556. The quantitative estimate of drug-likeness (QED) is 0.606. The highest BCUT2D eigenvalue weighted by atomic mass is 16.4. The van der Waals surface area contributed by atoms with E-state index >= 15 is 0 Å². The Morgan fingerprint density at radius 3 is 1.77 bits per heavy atom. The van der Waals surface area contributed by atoms with Gasteiger partial charge in [0.2, 0.25) is 0 Å². The molecule has 13 heavy (non-hydrogen) atoms. The Hall–Kier alpha value is -1.10. The third-order valence-corrected chi connectivity index (χ3v) is 0.960. The van der Waals surface area contributed by atoms with E-state index in [1.165, 1.54) is 0 Å². The zero-order valence-corrected chi connectivity index (χ0v) is 7.99. The van der Waals surface area contributed by atoms with E-state index < -0.39 is 11.9 Å². The first-order valence-corrected chi connectivity index (χ1v) is 4.09.